The van der Waals surface area contributed by atoms with Crippen molar-refractivity contribution in [1.29, 1.82) is 0 Å². The molecule has 0 atom stereocenters. The Labute approximate surface area is 158 Å². The number of benzene rings is 1. The third-order valence-electron chi connectivity index (χ3n) is 4.73. The van der Waals surface area contributed by atoms with Crippen molar-refractivity contribution in [2.75, 3.05) is 66.6 Å². The fourth-order valence-electron chi connectivity index (χ4n) is 3.17. The average molecular weight is 362 g/mol. The summed E-state index contributed by atoms with van der Waals surface area (Å²) in [4.78, 5) is 9.36. The first-order valence-corrected chi connectivity index (χ1v) is 9.74. The van der Waals surface area contributed by atoms with E-state index in [4.69, 9.17) is 4.74 Å². The van der Waals surface area contributed by atoms with Crippen molar-refractivity contribution in [1.82, 2.24) is 20.4 Å². The van der Waals surface area contributed by atoms with Crippen LogP contribution in [0, 0.1) is 0 Å². The molecule has 0 bridgehead atoms. The molecule has 2 N–H and O–H groups in total. The van der Waals surface area contributed by atoms with E-state index in [2.05, 4.69) is 55.8 Å². The second-order valence-corrected chi connectivity index (χ2v) is 6.73. The van der Waals surface area contributed by atoms with E-state index >= 15 is 0 Å². The number of hydrogen-bond donors (Lipinski definition) is 2. The predicted octanol–water partition coefficient (Wildman–Crippen LogP) is 1.40. The highest BCUT2D eigenvalue weighted by atomic mass is 16.5. The highest BCUT2D eigenvalue weighted by Gasteiger charge is 2.16. The lowest BCUT2D eigenvalue weighted by molar-refractivity contribution is 0.126. The number of unbranched alkanes of at least 4 members (excludes halogenated alkanes) is 1. The number of piperazine rings is 1. The molecule has 0 aliphatic carbocycles. The quantitative estimate of drug-likeness (QED) is 0.375. The van der Waals surface area contributed by atoms with Gasteiger partial charge in [0, 0.05) is 60.0 Å². The lowest BCUT2D eigenvalue weighted by atomic mass is 10.2. The molecular formula is C20H35N5O. The first-order chi connectivity index (χ1) is 12.8. The molecule has 0 radical (unpaired) electrons. The van der Waals surface area contributed by atoms with Gasteiger partial charge in [-0.2, -0.15) is 0 Å². The minimum atomic E-state index is 0.691. The van der Waals surface area contributed by atoms with Gasteiger partial charge in [-0.1, -0.05) is 30.3 Å². The molecule has 1 fully saturated rings. The lowest BCUT2D eigenvalue weighted by Gasteiger charge is -2.34. The summed E-state index contributed by atoms with van der Waals surface area (Å²) in [5.74, 6) is 0.858. The van der Waals surface area contributed by atoms with Crippen molar-refractivity contribution in [3.8, 4) is 0 Å². The zero-order valence-corrected chi connectivity index (χ0v) is 16.4. The van der Waals surface area contributed by atoms with E-state index in [0.717, 1.165) is 32.0 Å². The van der Waals surface area contributed by atoms with Gasteiger partial charge in [-0.3, -0.25) is 9.89 Å². The van der Waals surface area contributed by atoms with E-state index in [1.165, 1.54) is 44.7 Å². The zero-order chi connectivity index (χ0) is 18.5. The van der Waals surface area contributed by atoms with Gasteiger partial charge in [0.15, 0.2) is 5.96 Å². The van der Waals surface area contributed by atoms with Crippen molar-refractivity contribution in [2.45, 2.75) is 19.4 Å². The third kappa shape index (κ3) is 8.17. The molecule has 1 aromatic carbocycles. The molecule has 2 rings (SSSR count). The summed E-state index contributed by atoms with van der Waals surface area (Å²) in [5.41, 5.74) is 1.42. The molecule has 0 aromatic heterocycles. The van der Waals surface area contributed by atoms with Crippen LogP contribution in [0.3, 0.4) is 0 Å². The van der Waals surface area contributed by atoms with E-state index in [1.807, 2.05) is 0 Å². The van der Waals surface area contributed by atoms with Crippen LogP contribution < -0.4 is 10.6 Å². The molecule has 0 amide bonds. The lowest BCUT2D eigenvalue weighted by Crippen LogP contribution is -2.46. The Bertz CT molecular complexity index is 500. The molecule has 26 heavy (non-hydrogen) atoms. The SMILES string of the molecule is CN=C(NCCCCN1CCN(Cc2ccccc2)CC1)NCCOC. The van der Waals surface area contributed by atoms with Crippen LogP contribution in [-0.2, 0) is 11.3 Å². The first kappa shape index (κ1) is 20.7. The van der Waals surface area contributed by atoms with Crippen LogP contribution in [0.1, 0.15) is 18.4 Å². The van der Waals surface area contributed by atoms with Crippen LogP contribution in [0.2, 0.25) is 0 Å². The number of ether oxygens (including phenoxy) is 1. The summed E-state index contributed by atoms with van der Waals surface area (Å²) in [7, 11) is 3.51. The van der Waals surface area contributed by atoms with Gasteiger partial charge in [-0.05, 0) is 24.9 Å². The Kier molecular flexibility index (Phi) is 10.1. The van der Waals surface area contributed by atoms with Crippen molar-refractivity contribution in [3.63, 3.8) is 0 Å². The van der Waals surface area contributed by atoms with Gasteiger partial charge in [-0.15, -0.1) is 0 Å². The number of methoxy groups -OCH3 is 1. The molecule has 0 unspecified atom stereocenters. The Morgan fingerprint density at radius 1 is 1.00 bits per heavy atom. The van der Waals surface area contributed by atoms with Crippen molar-refractivity contribution >= 4 is 5.96 Å². The number of hydrogen-bond acceptors (Lipinski definition) is 4. The third-order valence-corrected chi connectivity index (χ3v) is 4.73. The van der Waals surface area contributed by atoms with Crippen molar-refractivity contribution < 1.29 is 4.74 Å². The second kappa shape index (κ2) is 12.7. The van der Waals surface area contributed by atoms with E-state index in [0.29, 0.717) is 6.61 Å². The maximum absolute atomic E-state index is 5.03. The maximum Gasteiger partial charge on any atom is 0.191 e. The van der Waals surface area contributed by atoms with Gasteiger partial charge in [0.2, 0.25) is 0 Å². The number of rotatable bonds is 10. The Balaban J connectivity index is 1.51. The summed E-state index contributed by atoms with van der Waals surface area (Å²) in [6.07, 6.45) is 2.38. The number of nitrogens with zero attached hydrogens (tertiary/aromatic N) is 3. The molecule has 1 aliphatic heterocycles. The minimum absolute atomic E-state index is 0.691. The Hall–Kier alpha value is -1.63. The van der Waals surface area contributed by atoms with E-state index < -0.39 is 0 Å². The summed E-state index contributed by atoms with van der Waals surface area (Å²) in [6, 6.07) is 10.8. The zero-order valence-electron chi connectivity index (χ0n) is 16.4. The summed E-state index contributed by atoms with van der Waals surface area (Å²) < 4.78 is 5.03. The summed E-state index contributed by atoms with van der Waals surface area (Å²) in [6.45, 7) is 9.40. The number of aliphatic imine (C=N–C) groups is 1. The topological polar surface area (TPSA) is 52.1 Å². The molecule has 0 saturated carbocycles. The molecule has 1 saturated heterocycles. The van der Waals surface area contributed by atoms with Crippen LogP contribution in [0.25, 0.3) is 0 Å². The smallest absolute Gasteiger partial charge is 0.191 e. The van der Waals surface area contributed by atoms with Crippen LogP contribution in [0.4, 0.5) is 0 Å². The minimum Gasteiger partial charge on any atom is -0.383 e. The highest BCUT2D eigenvalue weighted by molar-refractivity contribution is 5.79. The number of guanidine groups is 1. The van der Waals surface area contributed by atoms with E-state index in [-0.39, 0.29) is 0 Å². The van der Waals surface area contributed by atoms with Crippen LogP contribution in [0.5, 0.6) is 0 Å². The van der Waals surface area contributed by atoms with Gasteiger partial charge in [0.1, 0.15) is 0 Å². The molecule has 146 valence electrons. The summed E-state index contributed by atoms with van der Waals surface area (Å²) in [5, 5.41) is 6.59. The monoisotopic (exact) mass is 361 g/mol. The normalized spacial score (nSPS) is 16.6. The van der Waals surface area contributed by atoms with Gasteiger partial charge in [0.05, 0.1) is 6.61 Å². The number of nitrogens with one attached hydrogen (secondary N) is 2. The first-order valence-electron chi connectivity index (χ1n) is 9.74. The average Bonchev–Trinajstić information content (AvgIpc) is 2.68. The maximum atomic E-state index is 5.03. The molecule has 1 aliphatic rings. The fraction of sp³-hybridized carbons (Fsp3) is 0.650. The molecule has 0 spiro atoms. The van der Waals surface area contributed by atoms with E-state index in [1.54, 1.807) is 14.2 Å². The van der Waals surface area contributed by atoms with E-state index in [9.17, 15) is 0 Å². The molecule has 1 aromatic rings. The van der Waals surface area contributed by atoms with Crippen LogP contribution in [0.15, 0.2) is 35.3 Å². The molecule has 1 heterocycles. The largest absolute Gasteiger partial charge is 0.383 e. The van der Waals surface area contributed by atoms with Crippen molar-refractivity contribution in [2.24, 2.45) is 4.99 Å². The fourth-order valence-corrected chi connectivity index (χ4v) is 3.17. The molecular weight excluding hydrogens is 326 g/mol. The summed E-state index contributed by atoms with van der Waals surface area (Å²) >= 11 is 0. The predicted molar refractivity (Wildman–Crippen MR) is 109 cm³/mol. The van der Waals surface area contributed by atoms with Gasteiger partial charge < -0.3 is 20.3 Å². The standard InChI is InChI=1S/C20H35N5O/c1-21-20(23-11-17-26-2)22-10-6-7-12-24-13-15-25(16-14-24)18-19-8-4-3-5-9-19/h3-5,8-9H,6-7,10-18H2,1-2H3,(H2,21,22,23). The Morgan fingerprint density at radius 2 is 1.69 bits per heavy atom. The van der Waals surface area contributed by atoms with Crippen molar-refractivity contribution in [3.05, 3.63) is 35.9 Å². The van der Waals surface area contributed by atoms with Crippen LogP contribution in [-0.4, -0.2) is 82.3 Å². The van der Waals surface area contributed by atoms with Gasteiger partial charge in [-0.25, -0.2) is 0 Å². The molecule has 6 heteroatoms. The molecule has 6 nitrogen and oxygen atoms in total. The highest BCUT2D eigenvalue weighted by Crippen LogP contribution is 2.08. The van der Waals surface area contributed by atoms with Crippen LogP contribution >= 0.6 is 0 Å². The Morgan fingerprint density at radius 3 is 2.38 bits per heavy atom. The van der Waals surface area contributed by atoms with Gasteiger partial charge in [0.25, 0.3) is 0 Å². The second-order valence-electron chi connectivity index (χ2n) is 6.73. The van der Waals surface area contributed by atoms with Gasteiger partial charge >= 0.3 is 0 Å².